The molecule has 1 atom stereocenters. The lowest BCUT2D eigenvalue weighted by Gasteiger charge is -2.20. The van der Waals surface area contributed by atoms with Crippen LogP contribution < -0.4 is 4.18 Å². The van der Waals surface area contributed by atoms with Gasteiger partial charge in [0, 0.05) is 0 Å². The highest BCUT2D eigenvalue weighted by atomic mass is 32.2. The summed E-state index contributed by atoms with van der Waals surface area (Å²) in [6, 6.07) is 5.35. The van der Waals surface area contributed by atoms with Gasteiger partial charge in [-0.1, -0.05) is 53.7 Å². The molecule has 0 heterocycles. The van der Waals surface area contributed by atoms with E-state index in [-0.39, 0.29) is 11.7 Å². The molecule has 1 rings (SSSR count). The minimum Gasteiger partial charge on any atom is -0.480 e. The third-order valence-electron chi connectivity index (χ3n) is 3.69. The van der Waals surface area contributed by atoms with Gasteiger partial charge < -0.3 is 9.29 Å². The minimum atomic E-state index is -4.26. The van der Waals surface area contributed by atoms with Crippen LogP contribution in [-0.4, -0.2) is 24.7 Å². The molecule has 1 N–H and O–H groups in total. The lowest BCUT2D eigenvalue weighted by atomic mass is 9.95. The summed E-state index contributed by atoms with van der Waals surface area (Å²) < 4.78 is 30.0. The first-order valence-corrected chi connectivity index (χ1v) is 9.24. The van der Waals surface area contributed by atoms with Crippen molar-refractivity contribution >= 4 is 16.1 Å². The topological polar surface area (TPSA) is 80.7 Å². The molecule has 0 aliphatic heterocycles. The van der Waals surface area contributed by atoms with E-state index < -0.39 is 27.3 Å². The Morgan fingerprint density at radius 3 is 2.00 bits per heavy atom. The van der Waals surface area contributed by atoms with Crippen molar-refractivity contribution in [2.24, 2.45) is 5.92 Å². The van der Waals surface area contributed by atoms with Gasteiger partial charge >= 0.3 is 16.1 Å². The number of hydrogen-bond acceptors (Lipinski definition) is 4. The van der Waals surface area contributed by atoms with Crippen molar-refractivity contribution in [3.05, 3.63) is 29.3 Å². The summed E-state index contributed by atoms with van der Waals surface area (Å²) in [6.07, 6.45) is 0. The molecule has 0 saturated heterocycles. The van der Waals surface area contributed by atoms with E-state index in [0.717, 1.165) is 11.1 Å². The van der Waals surface area contributed by atoms with Gasteiger partial charge in [-0.05, 0) is 34.9 Å². The molecule has 0 amide bonds. The Labute approximate surface area is 138 Å². The summed E-state index contributed by atoms with van der Waals surface area (Å²) in [5.41, 5.74) is 1.84. The number of benzene rings is 1. The molecule has 0 aromatic heterocycles. The molecule has 6 heteroatoms. The van der Waals surface area contributed by atoms with Crippen molar-refractivity contribution in [2.75, 3.05) is 0 Å². The summed E-state index contributed by atoms with van der Waals surface area (Å²) in [5, 5.41) is 7.60. The molecule has 0 saturated carbocycles. The second kappa shape index (κ2) is 7.34. The standard InChI is InChI=1S/C17H26O5S/c1-10(2)13-7-8-15(14(9-13)11(3)4)22-23(20,21)16(12(5)6)17(18)19/h7-12,16H,1-6H3,(H,18,19). The number of carbonyl (C=O) groups is 1. The summed E-state index contributed by atoms with van der Waals surface area (Å²) in [5.74, 6) is -1.42. The average Bonchev–Trinajstić information content (AvgIpc) is 2.36. The maximum atomic E-state index is 12.4. The molecule has 0 aliphatic carbocycles. The van der Waals surface area contributed by atoms with Crippen molar-refractivity contribution in [3.8, 4) is 5.75 Å². The Bertz CT molecular complexity index is 660. The molecular formula is C17H26O5S. The van der Waals surface area contributed by atoms with Gasteiger partial charge in [-0.3, -0.25) is 4.79 Å². The molecule has 0 fully saturated rings. The third-order valence-corrected chi connectivity index (χ3v) is 5.47. The molecular weight excluding hydrogens is 316 g/mol. The zero-order chi connectivity index (χ0) is 17.9. The van der Waals surface area contributed by atoms with E-state index in [1.165, 1.54) is 0 Å². The fourth-order valence-electron chi connectivity index (χ4n) is 2.37. The highest BCUT2D eigenvalue weighted by Gasteiger charge is 2.38. The number of hydrogen-bond donors (Lipinski definition) is 1. The van der Waals surface area contributed by atoms with Gasteiger partial charge in [0.1, 0.15) is 5.75 Å². The van der Waals surface area contributed by atoms with Gasteiger partial charge in [0.15, 0.2) is 5.25 Å². The molecule has 1 aromatic rings. The van der Waals surface area contributed by atoms with Crippen LogP contribution >= 0.6 is 0 Å². The Hall–Kier alpha value is -1.56. The Kier molecular flexibility index (Phi) is 6.22. The fourth-order valence-corrected chi connectivity index (χ4v) is 3.79. The average molecular weight is 342 g/mol. The predicted molar refractivity (Wildman–Crippen MR) is 90.4 cm³/mol. The van der Waals surface area contributed by atoms with Crippen LogP contribution in [0.25, 0.3) is 0 Å². The zero-order valence-electron chi connectivity index (χ0n) is 14.5. The molecule has 23 heavy (non-hydrogen) atoms. The molecule has 5 nitrogen and oxygen atoms in total. The first kappa shape index (κ1) is 19.5. The highest BCUT2D eigenvalue weighted by molar-refractivity contribution is 7.88. The fraction of sp³-hybridized carbons (Fsp3) is 0.588. The minimum absolute atomic E-state index is 0.0567. The lowest BCUT2D eigenvalue weighted by molar-refractivity contribution is -0.137. The molecule has 1 unspecified atom stereocenters. The predicted octanol–water partition coefficient (Wildman–Crippen LogP) is 3.75. The number of aliphatic carboxylic acids is 1. The SMILES string of the molecule is CC(C)c1ccc(OS(=O)(=O)C(C(=O)O)C(C)C)c(C(C)C)c1. The summed E-state index contributed by atoms with van der Waals surface area (Å²) >= 11 is 0. The van der Waals surface area contributed by atoms with Crippen LogP contribution in [0, 0.1) is 5.92 Å². The van der Waals surface area contributed by atoms with Crippen molar-refractivity contribution in [3.63, 3.8) is 0 Å². The van der Waals surface area contributed by atoms with Crippen molar-refractivity contribution < 1.29 is 22.5 Å². The Balaban J connectivity index is 3.29. The van der Waals surface area contributed by atoms with Crippen molar-refractivity contribution in [1.82, 2.24) is 0 Å². The van der Waals surface area contributed by atoms with Crippen LogP contribution in [0.4, 0.5) is 0 Å². The lowest BCUT2D eigenvalue weighted by Crippen LogP contribution is -2.37. The van der Waals surface area contributed by atoms with Gasteiger partial charge in [0.05, 0.1) is 0 Å². The molecule has 1 aromatic carbocycles. The Morgan fingerprint density at radius 2 is 1.61 bits per heavy atom. The van der Waals surface area contributed by atoms with Gasteiger partial charge in [-0.15, -0.1) is 0 Å². The van der Waals surface area contributed by atoms with Crippen LogP contribution in [0.3, 0.4) is 0 Å². The van der Waals surface area contributed by atoms with E-state index in [1.807, 2.05) is 26.0 Å². The van der Waals surface area contributed by atoms with E-state index in [0.29, 0.717) is 5.92 Å². The number of carboxylic acid groups (broad SMARTS) is 1. The maximum absolute atomic E-state index is 12.4. The maximum Gasteiger partial charge on any atom is 0.325 e. The van der Waals surface area contributed by atoms with Crippen LogP contribution in [0.1, 0.15) is 64.5 Å². The quantitative estimate of drug-likeness (QED) is 0.763. The Morgan fingerprint density at radius 1 is 1.04 bits per heavy atom. The van der Waals surface area contributed by atoms with Crippen LogP contribution in [0.15, 0.2) is 18.2 Å². The highest BCUT2D eigenvalue weighted by Crippen LogP contribution is 2.32. The largest absolute Gasteiger partial charge is 0.480 e. The van der Waals surface area contributed by atoms with Crippen LogP contribution in [0.2, 0.25) is 0 Å². The smallest absolute Gasteiger partial charge is 0.325 e. The number of rotatable bonds is 7. The van der Waals surface area contributed by atoms with Gasteiger partial charge in [-0.2, -0.15) is 8.42 Å². The van der Waals surface area contributed by atoms with Crippen molar-refractivity contribution in [2.45, 2.75) is 58.6 Å². The molecule has 0 spiro atoms. The molecule has 130 valence electrons. The summed E-state index contributed by atoms with van der Waals surface area (Å²) in [4.78, 5) is 11.3. The first-order chi connectivity index (χ1) is 10.5. The normalized spacial score (nSPS) is 13.6. The van der Waals surface area contributed by atoms with E-state index in [9.17, 15) is 18.3 Å². The van der Waals surface area contributed by atoms with E-state index in [4.69, 9.17) is 4.18 Å². The summed E-state index contributed by atoms with van der Waals surface area (Å²) in [6.45, 7) is 11.1. The molecule has 0 bridgehead atoms. The molecule has 0 aliphatic rings. The van der Waals surface area contributed by atoms with Crippen LogP contribution in [0.5, 0.6) is 5.75 Å². The van der Waals surface area contributed by atoms with Crippen molar-refractivity contribution in [1.29, 1.82) is 0 Å². The van der Waals surface area contributed by atoms with Gasteiger partial charge in [0.25, 0.3) is 0 Å². The van der Waals surface area contributed by atoms with E-state index in [2.05, 4.69) is 13.8 Å². The zero-order valence-corrected chi connectivity index (χ0v) is 15.3. The third kappa shape index (κ3) is 4.70. The van der Waals surface area contributed by atoms with Crippen LogP contribution in [-0.2, 0) is 14.9 Å². The van der Waals surface area contributed by atoms with Gasteiger partial charge in [0.2, 0.25) is 0 Å². The second-order valence-electron chi connectivity index (χ2n) is 6.69. The van der Waals surface area contributed by atoms with E-state index in [1.54, 1.807) is 19.9 Å². The first-order valence-electron chi connectivity index (χ1n) is 7.77. The van der Waals surface area contributed by atoms with Gasteiger partial charge in [-0.25, -0.2) is 0 Å². The monoisotopic (exact) mass is 342 g/mol. The second-order valence-corrected chi connectivity index (χ2v) is 8.35. The summed E-state index contributed by atoms with van der Waals surface area (Å²) in [7, 11) is -4.26. The number of carboxylic acids is 1. The molecule has 0 radical (unpaired) electrons. The van der Waals surface area contributed by atoms with E-state index >= 15 is 0 Å².